The monoisotopic (exact) mass is 427 g/mol. The average Bonchev–Trinajstić information content (AvgIpc) is 3.20. The van der Waals surface area contributed by atoms with E-state index in [0.29, 0.717) is 17.7 Å². The Morgan fingerprint density at radius 3 is 2.81 bits per heavy atom. The zero-order valence-corrected chi connectivity index (χ0v) is 17.0. The van der Waals surface area contributed by atoms with E-state index in [1.807, 2.05) is 0 Å². The van der Waals surface area contributed by atoms with Crippen molar-refractivity contribution in [3.05, 3.63) is 42.5 Å². The number of nitrogens with one attached hydrogen (secondary N) is 1. The first-order valence-corrected chi connectivity index (χ1v) is 10.4. The van der Waals surface area contributed by atoms with E-state index in [1.165, 1.54) is 18.3 Å². The Hall–Kier alpha value is -3.07. The van der Waals surface area contributed by atoms with Crippen LogP contribution in [0.2, 0.25) is 0 Å². The summed E-state index contributed by atoms with van der Waals surface area (Å²) in [5.74, 6) is -0.425. The number of piperidine rings is 2. The highest BCUT2D eigenvalue weighted by Crippen LogP contribution is 2.35. The maximum atomic E-state index is 14.7. The number of hydrogen-bond acceptors (Lipinski definition) is 6. The van der Waals surface area contributed by atoms with Crippen molar-refractivity contribution in [1.29, 1.82) is 0 Å². The molecule has 4 heterocycles. The lowest BCUT2D eigenvalue weighted by Crippen LogP contribution is -2.59. The maximum Gasteiger partial charge on any atom is 0.233 e. The van der Waals surface area contributed by atoms with Gasteiger partial charge < -0.3 is 15.2 Å². The van der Waals surface area contributed by atoms with Gasteiger partial charge in [0.15, 0.2) is 6.17 Å². The second kappa shape index (κ2) is 7.88. The molecule has 4 atom stereocenters. The molecule has 0 radical (unpaired) electrons. The van der Waals surface area contributed by atoms with E-state index in [9.17, 15) is 13.9 Å². The Balaban J connectivity index is 1.35. The molecule has 2 aliphatic heterocycles. The number of aromatic hydroxyl groups is 1. The molecule has 0 aliphatic carbocycles. The van der Waals surface area contributed by atoms with Gasteiger partial charge in [0.25, 0.3) is 0 Å². The van der Waals surface area contributed by atoms with Gasteiger partial charge in [-0.1, -0.05) is 6.42 Å². The molecule has 0 saturated carbocycles. The summed E-state index contributed by atoms with van der Waals surface area (Å²) in [7, 11) is 1.73. The first-order chi connectivity index (χ1) is 15.0. The zero-order valence-electron chi connectivity index (χ0n) is 17.0. The minimum Gasteiger partial charge on any atom is -0.507 e. The number of fused-ring (bicyclic) bond motifs is 2. The number of aryl methyl sites for hydroxylation is 1. The van der Waals surface area contributed by atoms with E-state index in [-0.39, 0.29) is 34.8 Å². The van der Waals surface area contributed by atoms with Gasteiger partial charge >= 0.3 is 0 Å². The van der Waals surface area contributed by atoms with Crippen LogP contribution in [0, 0.1) is 5.82 Å². The van der Waals surface area contributed by atoms with E-state index < -0.39 is 18.1 Å². The molecule has 31 heavy (non-hydrogen) atoms. The summed E-state index contributed by atoms with van der Waals surface area (Å²) < 4.78 is 36.7. The molecule has 0 unspecified atom stereocenters. The summed E-state index contributed by atoms with van der Waals surface area (Å²) in [6, 6.07) is 5.79. The number of alkyl halides is 1. The topological polar surface area (TPSA) is 85.1 Å². The highest BCUT2D eigenvalue weighted by Gasteiger charge is 2.41. The molecule has 7 nitrogen and oxygen atoms in total. The van der Waals surface area contributed by atoms with Gasteiger partial charge in [0.1, 0.15) is 17.7 Å². The first-order valence-electron chi connectivity index (χ1n) is 10.4. The molecule has 1 aromatic carbocycles. The molecule has 162 valence electrons. The zero-order chi connectivity index (χ0) is 21.5. The van der Waals surface area contributed by atoms with Gasteiger partial charge in [-0.05, 0) is 31.0 Å². The number of hydrogen-bond donors (Lipinski definition) is 2. The summed E-state index contributed by atoms with van der Waals surface area (Å²) in [5, 5.41) is 25.9. The Morgan fingerprint density at radius 1 is 1.19 bits per heavy atom. The van der Waals surface area contributed by atoms with Gasteiger partial charge in [0, 0.05) is 54.5 Å². The molecule has 5 rings (SSSR count). The van der Waals surface area contributed by atoms with Crippen molar-refractivity contribution >= 4 is 0 Å². The molecule has 2 aromatic heterocycles. The van der Waals surface area contributed by atoms with E-state index in [0.717, 1.165) is 19.3 Å². The van der Waals surface area contributed by atoms with Crippen molar-refractivity contribution in [2.24, 2.45) is 7.05 Å². The fourth-order valence-electron chi connectivity index (χ4n) is 4.50. The van der Waals surface area contributed by atoms with Crippen LogP contribution in [0.25, 0.3) is 22.4 Å². The van der Waals surface area contributed by atoms with Crippen LogP contribution in [0.1, 0.15) is 25.7 Å². The van der Waals surface area contributed by atoms with E-state index in [2.05, 4.69) is 20.6 Å². The van der Waals surface area contributed by atoms with Crippen LogP contribution < -0.4 is 10.1 Å². The molecule has 3 aromatic rings. The normalized spacial score (nSPS) is 25.4. The fourth-order valence-corrected chi connectivity index (χ4v) is 4.50. The van der Waals surface area contributed by atoms with Crippen molar-refractivity contribution < 1.29 is 18.6 Å². The Labute approximate surface area is 178 Å². The van der Waals surface area contributed by atoms with Crippen molar-refractivity contribution in [3.8, 4) is 34.0 Å². The predicted octanol–water partition coefficient (Wildman–Crippen LogP) is 3.39. The number of benzene rings is 1. The van der Waals surface area contributed by atoms with Crippen LogP contribution in [0.3, 0.4) is 0 Å². The second-order valence-corrected chi connectivity index (χ2v) is 8.25. The summed E-state index contributed by atoms with van der Waals surface area (Å²) >= 11 is 0. The lowest BCUT2D eigenvalue weighted by Gasteiger charge is -2.42. The average molecular weight is 427 g/mol. The number of phenolic OH excluding ortho intramolecular Hbond substituents is 1. The predicted molar refractivity (Wildman–Crippen MR) is 110 cm³/mol. The summed E-state index contributed by atoms with van der Waals surface area (Å²) in [6.07, 6.45) is 4.97. The molecule has 2 saturated heterocycles. The number of rotatable bonds is 4. The van der Waals surface area contributed by atoms with E-state index in [1.54, 1.807) is 30.1 Å². The summed E-state index contributed by atoms with van der Waals surface area (Å²) in [5.41, 5.74) is 1.31. The van der Waals surface area contributed by atoms with E-state index in [4.69, 9.17) is 4.74 Å². The first kappa shape index (κ1) is 19.9. The quantitative estimate of drug-likeness (QED) is 0.664. The molecule has 2 bridgehead atoms. The third-order valence-electron chi connectivity index (χ3n) is 6.06. The summed E-state index contributed by atoms with van der Waals surface area (Å²) in [4.78, 5) is 0. The highest BCUT2D eigenvalue weighted by atomic mass is 19.1. The number of phenols is 1. The Kier molecular flexibility index (Phi) is 5.05. The highest BCUT2D eigenvalue weighted by molar-refractivity contribution is 5.74. The Morgan fingerprint density at radius 2 is 2.06 bits per heavy atom. The number of aromatic nitrogens is 4. The van der Waals surface area contributed by atoms with Gasteiger partial charge in [-0.2, -0.15) is 5.10 Å². The minimum atomic E-state index is -1.10. The molecule has 2 fully saturated rings. The van der Waals surface area contributed by atoms with Gasteiger partial charge in [-0.25, -0.2) is 8.78 Å². The SMILES string of the molecule is Cn1cc(-c2cc(O)c(-c3ccc(O[C@H]4C[C@@H]5CCC[C@@H](N5)[C@H]4F)nn3)cc2F)cn1. The van der Waals surface area contributed by atoms with Crippen molar-refractivity contribution in [2.45, 2.75) is 50.0 Å². The van der Waals surface area contributed by atoms with E-state index >= 15 is 0 Å². The van der Waals surface area contributed by atoms with Gasteiger partial charge in [0.05, 0.1) is 11.9 Å². The smallest absolute Gasteiger partial charge is 0.233 e. The molecule has 9 heteroatoms. The molecular weight excluding hydrogens is 404 g/mol. The molecule has 0 amide bonds. The van der Waals surface area contributed by atoms with Gasteiger partial charge in [-0.15, -0.1) is 10.2 Å². The van der Waals surface area contributed by atoms with Gasteiger partial charge in [-0.3, -0.25) is 4.68 Å². The van der Waals surface area contributed by atoms with Crippen molar-refractivity contribution in [1.82, 2.24) is 25.3 Å². The fraction of sp³-hybridized carbons (Fsp3) is 0.409. The van der Waals surface area contributed by atoms with Crippen LogP contribution in [0.15, 0.2) is 36.7 Å². The standard InChI is InChI=1S/C22H23F2N5O2/c1-29-11-12(10-25-29)14-9-19(30)15(8-16(14)23)17-5-6-21(28-27-17)31-20-7-13-3-2-4-18(26-13)22(20)24/h5-6,8-11,13,18,20,22,26,30H,2-4,7H2,1H3/t13-,18+,20-,22+/m0/s1. The van der Waals surface area contributed by atoms with Gasteiger partial charge in [0.2, 0.25) is 5.88 Å². The maximum absolute atomic E-state index is 14.7. The molecule has 2 aliphatic rings. The van der Waals surface area contributed by atoms with Crippen molar-refractivity contribution in [2.75, 3.05) is 0 Å². The largest absolute Gasteiger partial charge is 0.507 e. The van der Waals surface area contributed by atoms with Crippen LogP contribution in [-0.4, -0.2) is 49.4 Å². The number of halogens is 2. The lowest BCUT2D eigenvalue weighted by molar-refractivity contribution is 0.00652. The number of nitrogens with zero attached hydrogens (tertiary/aromatic N) is 4. The molecule has 0 spiro atoms. The van der Waals surface area contributed by atoms with Crippen LogP contribution in [-0.2, 0) is 7.05 Å². The minimum absolute atomic E-state index is 0.127. The second-order valence-electron chi connectivity index (χ2n) is 8.25. The lowest BCUT2D eigenvalue weighted by atomic mass is 9.84. The third kappa shape index (κ3) is 3.85. The van der Waals surface area contributed by atoms with Crippen molar-refractivity contribution in [3.63, 3.8) is 0 Å². The van der Waals surface area contributed by atoms with Crippen LogP contribution in [0.4, 0.5) is 8.78 Å². The van der Waals surface area contributed by atoms with Crippen LogP contribution >= 0.6 is 0 Å². The van der Waals surface area contributed by atoms with Crippen LogP contribution in [0.5, 0.6) is 11.6 Å². The number of ether oxygens (including phenoxy) is 1. The molecular formula is C22H23F2N5O2. The Bertz CT molecular complexity index is 1090. The summed E-state index contributed by atoms with van der Waals surface area (Å²) in [6.45, 7) is 0. The third-order valence-corrected chi connectivity index (χ3v) is 6.06. The molecule has 2 N–H and O–H groups in total.